The molecule has 4 rings (SSSR count). The molecule has 0 aliphatic carbocycles. The predicted molar refractivity (Wildman–Crippen MR) is 129 cm³/mol. The summed E-state index contributed by atoms with van der Waals surface area (Å²) < 4.78 is 18.8. The summed E-state index contributed by atoms with van der Waals surface area (Å²) in [6.45, 7) is 7.60. The van der Waals surface area contributed by atoms with Crippen LogP contribution in [0.4, 0.5) is 0 Å². The highest BCUT2D eigenvalue weighted by atomic mass is 79.9. The Kier molecular flexibility index (Phi) is 6.85. The van der Waals surface area contributed by atoms with Crippen molar-refractivity contribution in [2.45, 2.75) is 69.5 Å². The minimum absolute atomic E-state index is 0.000468. The van der Waals surface area contributed by atoms with Crippen LogP contribution in [0.1, 0.15) is 40.0 Å². The molecule has 2 aliphatic heterocycles. The molecule has 0 amide bonds. The van der Waals surface area contributed by atoms with Crippen LogP contribution in [0.3, 0.4) is 0 Å². The molecule has 2 saturated heterocycles. The van der Waals surface area contributed by atoms with Crippen molar-refractivity contribution in [3.63, 3.8) is 0 Å². The lowest BCUT2D eigenvalue weighted by Crippen LogP contribution is -2.66. The standard InChI is InChI=1S/C25H33BrO3Si/c1-25(2,3)30(19-11-6-4-7-12-19,20-13-8-5-9-14-20)27-18-24-23(29-24)17-22-21(28-22)15-10-16-26/h4-9,11-14,21-24H,10,15-18H2,1-3H3/t21-,22-,23+,24+/m1/s1. The largest absolute Gasteiger partial charge is 0.405 e. The van der Waals surface area contributed by atoms with Gasteiger partial charge in [0.2, 0.25) is 0 Å². The number of epoxide rings is 2. The van der Waals surface area contributed by atoms with Gasteiger partial charge in [0.25, 0.3) is 8.32 Å². The molecule has 162 valence electrons. The average Bonchev–Trinajstić information content (AvgIpc) is 3.66. The average molecular weight is 490 g/mol. The smallest absolute Gasteiger partial charge is 0.261 e. The first kappa shape index (κ1) is 22.2. The molecule has 0 saturated carbocycles. The Morgan fingerprint density at radius 1 is 0.833 bits per heavy atom. The SMILES string of the molecule is CC(C)(C)[Si](OC[C@@H]1O[C@H]1C[C@H]1O[C@@H]1CCCBr)(c1ccccc1)c1ccccc1. The van der Waals surface area contributed by atoms with Crippen LogP contribution in [0.25, 0.3) is 0 Å². The van der Waals surface area contributed by atoms with E-state index in [4.69, 9.17) is 13.9 Å². The Labute approximate surface area is 190 Å². The fourth-order valence-electron chi connectivity index (χ4n) is 4.65. The van der Waals surface area contributed by atoms with Gasteiger partial charge in [-0.2, -0.15) is 0 Å². The second-order valence-electron chi connectivity index (χ2n) is 9.47. The van der Waals surface area contributed by atoms with E-state index in [-0.39, 0.29) is 17.2 Å². The molecular weight excluding hydrogens is 456 g/mol. The van der Waals surface area contributed by atoms with Gasteiger partial charge in [-0.3, -0.25) is 0 Å². The van der Waals surface area contributed by atoms with Gasteiger partial charge in [0.15, 0.2) is 0 Å². The van der Waals surface area contributed by atoms with Crippen LogP contribution in [0, 0.1) is 0 Å². The Hall–Kier alpha value is -0.983. The van der Waals surface area contributed by atoms with Gasteiger partial charge < -0.3 is 13.9 Å². The minimum Gasteiger partial charge on any atom is -0.405 e. The summed E-state index contributed by atoms with van der Waals surface area (Å²) >= 11 is 3.50. The predicted octanol–water partition coefficient (Wildman–Crippen LogP) is 4.66. The summed E-state index contributed by atoms with van der Waals surface area (Å²) in [5, 5.41) is 3.69. The molecule has 0 aromatic heterocycles. The molecule has 0 spiro atoms. The third kappa shape index (κ3) is 4.75. The van der Waals surface area contributed by atoms with Crippen molar-refractivity contribution in [3.05, 3.63) is 60.7 Å². The summed E-state index contributed by atoms with van der Waals surface area (Å²) in [5.74, 6) is 0. The Morgan fingerprint density at radius 2 is 1.37 bits per heavy atom. The Morgan fingerprint density at radius 3 is 1.90 bits per heavy atom. The van der Waals surface area contributed by atoms with E-state index in [0.717, 1.165) is 18.2 Å². The third-order valence-corrected chi connectivity index (χ3v) is 11.9. The van der Waals surface area contributed by atoms with Crippen molar-refractivity contribution in [1.29, 1.82) is 0 Å². The number of alkyl halides is 1. The highest BCUT2D eigenvalue weighted by molar-refractivity contribution is 9.09. The van der Waals surface area contributed by atoms with Crippen molar-refractivity contribution in [1.82, 2.24) is 0 Å². The first-order valence-corrected chi connectivity index (χ1v) is 14.1. The number of ether oxygens (including phenoxy) is 2. The van der Waals surface area contributed by atoms with Crippen LogP contribution in [0.15, 0.2) is 60.7 Å². The molecule has 2 heterocycles. The van der Waals surface area contributed by atoms with E-state index >= 15 is 0 Å². The van der Waals surface area contributed by atoms with Crippen molar-refractivity contribution in [2.75, 3.05) is 11.9 Å². The van der Waals surface area contributed by atoms with Crippen LogP contribution in [0.5, 0.6) is 0 Å². The number of rotatable bonds is 10. The highest BCUT2D eigenvalue weighted by Gasteiger charge is 2.53. The van der Waals surface area contributed by atoms with Gasteiger partial charge in [-0.25, -0.2) is 0 Å². The second kappa shape index (κ2) is 9.25. The lowest BCUT2D eigenvalue weighted by Gasteiger charge is -2.43. The number of halogens is 1. The molecule has 2 aromatic rings. The topological polar surface area (TPSA) is 34.3 Å². The lowest BCUT2D eigenvalue weighted by atomic mass is 10.1. The molecule has 0 bridgehead atoms. The molecule has 30 heavy (non-hydrogen) atoms. The molecule has 0 radical (unpaired) electrons. The maximum atomic E-state index is 6.98. The summed E-state index contributed by atoms with van der Waals surface area (Å²) in [5.41, 5.74) is 0. The van der Waals surface area contributed by atoms with Gasteiger partial charge in [0.05, 0.1) is 24.9 Å². The van der Waals surface area contributed by atoms with Crippen molar-refractivity contribution >= 4 is 34.6 Å². The van der Waals surface area contributed by atoms with Gasteiger partial charge in [-0.05, 0) is 28.3 Å². The summed E-state index contributed by atoms with van der Waals surface area (Å²) in [6.07, 6.45) is 4.60. The number of benzene rings is 2. The summed E-state index contributed by atoms with van der Waals surface area (Å²) in [7, 11) is -2.47. The van der Waals surface area contributed by atoms with Gasteiger partial charge in [0, 0.05) is 11.8 Å². The van der Waals surface area contributed by atoms with Crippen LogP contribution in [-0.2, 0) is 13.9 Å². The molecule has 0 unspecified atom stereocenters. The maximum absolute atomic E-state index is 6.98. The van der Waals surface area contributed by atoms with E-state index in [0.29, 0.717) is 18.8 Å². The Balaban J connectivity index is 1.47. The van der Waals surface area contributed by atoms with Crippen LogP contribution in [-0.4, -0.2) is 44.7 Å². The Bertz CT molecular complexity index is 769. The zero-order chi connectivity index (χ0) is 21.2. The van der Waals surface area contributed by atoms with E-state index in [1.54, 1.807) is 0 Å². The van der Waals surface area contributed by atoms with Crippen LogP contribution >= 0.6 is 15.9 Å². The summed E-state index contributed by atoms with van der Waals surface area (Å²) in [4.78, 5) is 0. The second-order valence-corrected chi connectivity index (χ2v) is 14.6. The quantitative estimate of drug-likeness (QED) is 0.277. The van der Waals surface area contributed by atoms with Gasteiger partial charge in [0.1, 0.15) is 6.10 Å². The molecule has 2 aromatic carbocycles. The fraction of sp³-hybridized carbons (Fsp3) is 0.520. The molecule has 0 N–H and O–H groups in total. The van der Waals surface area contributed by atoms with E-state index in [2.05, 4.69) is 97.4 Å². The van der Waals surface area contributed by atoms with E-state index in [9.17, 15) is 0 Å². The number of hydrogen-bond acceptors (Lipinski definition) is 3. The molecule has 5 heteroatoms. The monoisotopic (exact) mass is 488 g/mol. The van der Waals surface area contributed by atoms with Gasteiger partial charge in [-0.15, -0.1) is 0 Å². The van der Waals surface area contributed by atoms with Crippen molar-refractivity contribution < 1.29 is 13.9 Å². The normalized spacial score (nSPS) is 25.9. The maximum Gasteiger partial charge on any atom is 0.261 e. The first-order valence-electron chi connectivity index (χ1n) is 11.1. The zero-order valence-corrected chi connectivity index (χ0v) is 20.8. The highest BCUT2D eigenvalue weighted by Crippen LogP contribution is 2.40. The number of hydrogen-bond donors (Lipinski definition) is 0. The minimum atomic E-state index is -2.47. The molecule has 4 atom stereocenters. The molecule has 2 fully saturated rings. The van der Waals surface area contributed by atoms with E-state index in [1.807, 2.05) is 0 Å². The fourth-order valence-corrected chi connectivity index (χ4v) is 9.54. The van der Waals surface area contributed by atoms with Crippen LogP contribution < -0.4 is 10.4 Å². The zero-order valence-electron chi connectivity index (χ0n) is 18.2. The van der Waals surface area contributed by atoms with Crippen molar-refractivity contribution in [3.8, 4) is 0 Å². The lowest BCUT2D eigenvalue weighted by molar-refractivity contribution is 0.246. The molecule has 3 nitrogen and oxygen atoms in total. The van der Waals surface area contributed by atoms with E-state index < -0.39 is 8.32 Å². The van der Waals surface area contributed by atoms with Gasteiger partial charge in [-0.1, -0.05) is 97.4 Å². The third-order valence-electron chi connectivity index (χ3n) is 6.34. The van der Waals surface area contributed by atoms with E-state index in [1.165, 1.54) is 16.8 Å². The summed E-state index contributed by atoms with van der Waals surface area (Å²) in [6, 6.07) is 21.6. The molecule has 2 aliphatic rings. The van der Waals surface area contributed by atoms with Crippen molar-refractivity contribution in [2.24, 2.45) is 0 Å². The van der Waals surface area contributed by atoms with Crippen LogP contribution in [0.2, 0.25) is 5.04 Å². The van der Waals surface area contributed by atoms with Gasteiger partial charge >= 0.3 is 0 Å². The molecular formula is C25H33BrO3Si. The first-order chi connectivity index (χ1) is 14.5.